The standard InChI is InChI=1S/C39H74O6.C9H18N6/c1-4-7-10-13-16-19-22-25-28-31-37(40)43-34-36(45-39(42)33-30-27-24-21-18-15-12-9-6-3)35-44-38(41)32-29-26-23-20-17-14-11-8-5-2;1-13(2)7-10-8(14(3)4)12-9(11-7)15(5)6/h36H,4-35H2,1-3H3;1-6H3. The average Bonchev–Trinajstić information content (AvgIpc) is 3.22. The van der Waals surface area contributed by atoms with Crippen molar-refractivity contribution in [3.8, 4) is 0 Å². The molecule has 0 aromatic carbocycles. The molecule has 1 aromatic rings. The average molecular weight is 849 g/mol. The van der Waals surface area contributed by atoms with Gasteiger partial charge in [-0.3, -0.25) is 14.4 Å². The maximum Gasteiger partial charge on any atom is 0.306 e. The lowest BCUT2D eigenvalue weighted by Gasteiger charge is -2.18. The monoisotopic (exact) mass is 849 g/mol. The van der Waals surface area contributed by atoms with Gasteiger partial charge in [-0.1, -0.05) is 175 Å². The Morgan fingerprint density at radius 1 is 0.383 bits per heavy atom. The minimum atomic E-state index is -0.754. The number of unbranched alkanes of at least 4 members (excludes halogenated alkanes) is 24. The molecule has 0 radical (unpaired) electrons. The van der Waals surface area contributed by atoms with Crippen molar-refractivity contribution in [3.63, 3.8) is 0 Å². The Labute approximate surface area is 368 Å². The maximum absolute atomic E-state index is 12.6. The molecule has 1 heterocycles. The van der Waals surface area contributed by atoms with Crippen molar-refractivity contribution in [2.45, 2.75) is 219 Å². The number of esters is 3. The molecule has 1 aromatic heterocycles. The van der Waals surface area contributed by atoms with Crippen LogP contribution in [0, 0.1) is 0 Å². The summed E-state index contributed by atoms with van der Waals surface area (Å²) in [6.45, 7) is 6.57. The molecule has 0 bridgehead atoms. The smallest absolute Gasteiger partial charge is 0.306 e. The van der Waals surface area contributed by atoms with Gasteiger partial charge in [-0.05, 0) is 19.3 Å². The normalized spacial score (nSPS) is 10.9. The van der Waals surface area contributed by atoms with Crippen molar-refractivity contribution in [1.82, 2.24) is 15.0 Å². The summed E-state index contributed by atoms with van der Waals surface area (Å²) in [6, 6.07) is 0. The molecule has 350 valence electrons. The van der Waals surface area contributed by atoms with E-state index in [0.29, 0.717) is 37.1 Å². The minimum Gasteiger partial charge on any atom is -0.462 e. The molecule has 0 fully saturated rings. The van der Waals surface area contributed by atoms with Crippen LogP contribution in [0.4, 0.5) is 17.8 Å². The third-order valence-corrected chi connectivity index (χ3v) is 10.4. The van der Waals surface area contributed by atoms with E-state index in [1.807, 2.05) is 57.0 Å². The fourth-order valence-corrected chi connectivity index (χ4v) is 6.56. The zero-order valence-electron chi connectivity index (χ0n) is 40.3. The molecule has 0 unspecified atom stereocenters. The highest BCUT2D eigenvalue weighted by atomic mass is 16.6. The van der Waals surface area contributed by atoms with Crippen LogP contribution in [0.5, 0.6) is 0 Å². The van der Waals surface area contributed by atoms with E-state index >= 15 is 0 Å². The van der Waals surface area contributed by atoms with Gasteiger partial charge in [0.15, 0.2) is 6.10 Å². The minimum absolute atomic E-state index is 0.0644. The topological polar surface area (TPSA) is 127 Å². The fraction of sp³-hybridized carbons (Fsp3) is 0.875. The van der Waals surface area contributed by atoms with E-state index in [0.717, 1.165) is 57.8 Å². The van der Waals surface area contributed by atoms with Gasteiger partial charge in [0.2, 0.25) is 17.8 Å². The Kier molecular flexibility index (Phi) is 37.8. The molecule has 0 aliphatic rings. The molecular formula is C48H92N6O6. The van der Waals surface area contributed by atoms with E-state index in [2.05, 4.69) is 35.7 Å². The fourth-order valence-electron chi connectivity index (χ4n) is 6.56. The Balaban J connectivity index is 0.00000193. The molecule has 0 aliphatic carbocycles. The van der Waals surface area contributed by atoms with Gasteiger partial charge in [0.05, 0.1) is 0 Å². The molecular weight excluding hydrogens is 757 g/mol. The zero-order chi connectivity index (χ0) is 44.6. The summed E-state index contributed by atoms with van der Waals surface area (Å²) in [5.74, 6) is 1.12. The molecule has 0 saturated carbocycles. The Bertz CT molecular complexity index is 1080. The highest BCUT2D eigenvalue weighted by Crippen LogP contribution is 2.16. The van der Waals surface area contributed by atoms with Crippen LogP contribution in [0.15, 0.2) is 0 Å². The van der Waals surface area contributed by atoms with Crippen molar-refractivity contribution in [1.29, 1.82) is 0 Å². The summed E-state index contributed by atoms with van der Waals surface area (Å²) >= 11 is 0. The van der Waals surface area contributed by atoms with Crippen molar-refractivity contribution in [2.75, 3.05) is 70.2 Å². The number of nitrogens with zero attached hydrogens (tertiary/aromatic N) is 6. The molecule has 0 N–H and O–H groups in total. The van der Waals surface area contributed by atoms with E-state index in [4.69, 9.17) is 14.2 Å². The van der Waals surface area contributed by atoms with E-state index in [-0.39, 0.29) is 31.1 Å². The third-order valence-electron chi connectivity index (χ3n) is 10.4. The van der Waals surface area contributed by atoms with Crippen LogP contribution in [0.3, 0.4) is 0 Å². The maximum atomic E-state index is 12.6. The van der Waals surface area contributed by atoms with Gasteiger partial charge in [-0.25, -0.2) is 0 Å². The number of aromatic nitrogens is 3. The lowest BCUT2D eigenvalue weighted by molar-refractivity contribution is -0.167. The highest BCUT2D eigenvalue weighted by molar-refractivity contribution is 5.71. The van der Waals surface area contributed by atoms with Crippen molar-refractivity contribution in [2.24, 2.45) is 0 Å². The summed E-state index contributed by atoms with van der Waals surface area (Å²) < 4.78 is 16.5. The molecule has 12 nitrogen and oxygen atoms in total. The van der Waals surface area contributed by atoms with Crippen LogP contribution < -0.4 is 14.7 Å². The first-order valence-electron chi connectivity index (χ1n) is 24.2. The molecule has 0 saturated heterocycles. The molecule has 0 amide bonds. The zero-order valence-corrected chi connectivity index (χ0v) is 40.3. The lowest BCUT2D eigenvalue weighted by atomic mass is 10.1. The van der Waals surface area contributed by atoms with Gasteiger partial charge in [-0.15, -0.1) is 0 Å². The largest absolute Gasteiger partial charge is 0.462 e. The first kappa shape index (κ1) is 56.8. The third kappa shape index (κ3) is 34.5. The van der Waals surface area contributed by atoms with Gasteiger partial charge >= 0.3 is 17.9 Å². The second-order valence-corrected chi connectivity index (χ2v) is 17.1. The van der Waals surface area contributed by atoms with Crippen molar-refractivity contribution < 1.29 is 28.6 Å². The quantitative estimate of drug-likeness (QED) is 0.0357. The Morgan fingerprint density at radius 3 is 0.867 bits per heavy atom. The van der Waals surface area contributed by atoms with Crippen molar-refractivity contribution in [3.05, 3.63) is 0 Å². The van der Waals surface area contributed by atoms with E-state index < -0.39 is 6.10 Å². The second kappa shape index (κ2) is 39.9. The van der Waals surface area contributed by atoms with Crippen LogP contribution >= 0.6 is 0 Å². The summed E-state index contributed by atoms with van der Waals surface area (Å²) in [7, 11) is 11.5. The van der Waals surface area contributed by atoms with E-state index in [9.17, 15) is 14.4 Å². The number of ether oxygens (including phenoxy) is 3. The van der Waals surface area contributed by atoms with Crippen LogP contribution in [0.2, 0.25) is 0 Å². The van der Waals surface area contributed by atoms with Gasteiger partial charge in [0.25, 0.3) is 0 Å². The number of hydrogen-bond acceptors (Lipinski definition) is 12. The molecule has 0 spiro atoms. The molecule has 1 rings (SSSR count). The van der Waals surface area contributed by atoms with Crippen molar-refractivity contribution >= 4 is 35.8 Å². The van der Waals surface area contributed by atoms with Gasteiger partial charge in [0.1, 0.15) is 13.2 Å². The van der Waals surface area contributed by atoms with Crippen LogP contribution in [-0.2, 0) is 28.6 Å². The number of anilines is 3. The van der Waals surface area contributed by atoms with Crippen LogP contribution in [0.25, 0.3) is 0 Å². The molecule has 0 aliphatic heterocycles. The SMILES string of the molecule is CCCCCCCCCCCC(=O)OCC(COC(=O)CCCCCCCCCCC)OC(=O)CCCCCCCCCCC.CN(C)c1nc(N(C)C)nc(N(C)C)n1. The number of rotatable bonds is 38. The first-order valence-corrected chi connectivity index (χ1v) is 24.2. The number of hydrogen-bond donors (Lipinski definition) is 0. The summed E-state index contributed by atoms with van der Waals surface area (Å²) in [5, 5.41) is 0. The predicted molar refractivity (Wildman–Crippen MR) is 250 cm³/mol. The molecule has 12 heteroatoms. The lowest BCUT2D eigenvalue weighted by Crippen LogP contribution is -2.30. The van der Waals surface area contributed by atoms with E-state index in [1.54, 1.807) is 0 Å². The number of carbonyl (C=O) groups is 3. The highest BCUT2D eigenvalue weighted by Gasteiger charge is 2.19. The molecule has 60 heavy (non-hydrogen) atoms. The Morgan fingerprint density at radius 2 is 0.617 bits per heavy atom. The van der Waals surface area contributed by atoms with Crippen LogP contribution in [-0.4, -0.2) is 94.5 Å². The first-order chi connectivity index (χ1) is 28.9. The summed E-state index contributed by atoms with van der Waals surface area (Å²) in [4.78, 5) is 55.8. The predicted octanol–water partition coefficient (Wildman–Crippen LogP) is 11.8. The Hall–Kier alpha value is -3.18. The van der Waals surface area contributed by atoms with Gasteiger partial charge in [0, 0.05) is 61.5 Å². The van der Waals surface area contributed by atoms with Gasteiger partial charge < -0.3 is 28.9 Å². The summed E-state index contributed by atoms with van der Waals surface area (Å²) in [6.07, 6.45) is 32.3. The second-order valence-electron chi connectivity index (χ2n) is 17.1. The molecule has 0 atom stereocenters. The van der Waals surface area contributed by atoms with Gasteiger partial charge in [-0.2, -0.15) is 15.0 Å². The van der Waals surface area contributed by atoms with E-state index in [1.165, 1.54) is 116 Å². The summed E-state index contributed by atoms with van der Waals surface area (Å²) in [5.41, 5.74) is 0. The number of carbonyl (C=O) groups excluding carboxylic acids is 3. The van der Waals surface area contributed by atoms with Crippen LogP contribution in [0.1, 0.15) is 213 Å².